The first kappa shape index (κ1) is 20.1. The Morgan fingerprint density at radius 2 is 2.10 bits per heavy atom. The van der Waals surface area contributed by atoms with E-state index in [2.05, 4.69) is 21.8 Å². The van der Waals surface area contributed by atoms with Crippen LogP contribution >= 0.6 is 11.8 Å². The van der Waals surface area contributed by atoms with E-state index in [-0.39, 0.29) is 5.75 Å². The van der Waals surface area contributed by atoms with Crippen molar-refractivity contribution in [2.24, 2.45) is 0 Å². The fourth-order valence-electron chi connectivity index (χ4n) is 3.02. The number of rotatable bonds is 8. The van der Waals surface area contributed by atoms with Crippen LogP contribution in [0.5, 0.6) is 5.75 Å². The summed E-state index contributed by atoms with van der Waals surface area (Å²) < 4.78 is 36.6. The predicted octanol–water partition coefficient (Wildman–Crippen LogP) is 4.82. The molecule has 0 N–H and O–H groups in total. The van der Waals surface area contributed by atoms with Crippen LogP contribution in [0.15, 0.2) is 66.6 Å². The van der Waals surface area contributed by atoms with Crippen molar-refractivity contribution < 1.29 is 13.5 Å². The van der Waals surface area contributed by atoms with E-state index >= 15 is 0 Å². The van der Waals surface area contributed by atoms with Crippen molar-refractivity contribution in [2.75, 3.05) is 0 Å². The summed E-state index contributed by atoms with van der Waals surface area (Å²) in [5.41, 5.74) is 1.79. The maximum atomic E-state index is 13.9. The standard InChI is InChI=1S/C21H19F2N5OS/c1-3-9-28-20(14(2)29-18-8-7-15(22)11-17(18)23)25-26-21(28)30-13-16-12-27-10-5-4-6-19(27)24-16/h3-8,10-12,14H,1,9,13H2,2H3. The monoisotopic (exact) mass is 427 g/mol. The number of halogens is 2. The zero-order chi connectivity index (χ0) is 21.1. The summed E-state index contributed by atoms with van der Waals surface area (Å²) in [5, 5.41) is 9.17. The number of benzene rings is 1. The van der Waals surface area contributed by atoms with Crippen LogP contribution in [-0.4, -0.2) is 24.1 Å². The Bertz CT molecular complexity index is 1160. The summed E-state index contributed by atoms with van der Waals surface area (Å²) in [6.45, 7) is 5.99. The van der Waals surface area contributed by atoms with Gasteiger partial charge in [-0.25, -0.2) is 13.8 Å². The third kappa shape index (κ3) is 4.20. The Morgan fingerprint density at radius 3 is 2.87 bits per heavy atom. The first-order valence-corrected chi connectivity index (χ1v) is 10.2. The van der Waals surface area contributed by atoms with E-state index < -0.39 is 17.7 Å². The number of ether oxygens (including phenoxy) is 1. The van der Waals surface area contributed by atoms with Gasteiger partial charge in [-0.15, -0.1) is 16.8 Å². The average molecular weight is 427 g/mol. The van der Waals surface area contributed by atoms with E-state index in [0.717, 1.165) is 23.5 Å². The van der Waals surface area contributed by atoms with E-state index in [0.29, 0.717) is 23.3 Å². The van der Waals surface area contributed by atoms with E-state index in [4.69, 9.17) is 4.74 Å². The van der Waals surface area contributed by atoms with Gasteiger partial charge in [0.15, 0.2) is 28.7 Å². The van der Waals surface area contributed by atoms with Gasteiger partial charge in [0.2, 0.25) is 0 Å². The molecular formula is C21H19F2N5OS. The number of aromatic nitrogens is 5. The molecule has 0 saturated carbocycles. The third-order valence-corrected chi connectivity index (χ3v) is 5.38. The average Bonchev–Trinajstić information content (AvgIpc) is 3.32. The Hall–Kier alpha value is -3.20. The predicted molar refractivity (Wildman–Crippen MR) is 110 cm³/mol. The van der Waals surface area contributed by atoms with Crippen LogP contribution in [0.1, 0.15) is 24.5 Å². The SMILES string of the molecule is C=CCn1c(SCc2cn3ccccc3n2)nnc1C(C)Oc1ccc(F)cc1F. The summed E-state index contributed by atoms with van der Waals surface area (Å²) in [5.74, 6) is -0.336. The minimum atomic E-state index is -0.766. The second-order valence-electron chi connectivity index (χ2n) is 6.56. The minimum absolute atomic E-state index is 0.0454. The van der Waals surface area contributed by atoms with Crippen LogP contribution in [0.2, 0.25) is 0 Å². The molecular weight excluding hydrogens is 408 g/mol. The lowest BCUT2D eigenvalue weighted by molar-refractivity contribution is 0.200. The van der Waals surface area contributed by atoms with Crippen LogP contribution in [-0.2, 0) is 12.3 Å². The molecule has 0 radical (unpaired) electrons. The first-order chi connectivity index (χ1) is 14.5. The molecule has 0 amide bonds. The largest absolute Gasteiger partial charge is 0.480 e. The Kier molecular flexibility index (Phi) is 5.80. The third-order valence-electron chi connectivity index (χ3n) is 4.38. The molecule has 0 aliphatic carbocycles. The molecule has 0 bridgehead atoms. The number of thioether (sulfide) groups is 1. The number of imidazole rings is 1. The molecule has 3 aromatic heterocycles. The van der Waals surface area contributed by atoms with Crippen LogP contribution in [0.4, 0.5) is 8.78 Å². The zero-order valence-electron chi connectivity index (χ0n) is 16.2. The van der Waals surface area contributed by atoms with Gasteiger partial charge in [-0.05, 0) is 31.2 Å². The number of nitrogens with zero attached hydrogens (tertiary/aromatic N) is 5. The number of hydrogen-bond donors (Lipinski definition) is 0. The maximum Gasteiger partial charge on any atom is 0.192 e. The van der Waals surface area contributed by atoms with Gasteiger partial charge in [-0.3, -0.25) is 4.57 Å². The van der Waals surface area contributed by atoms with Gasteiger partial charge in [-0.2, -0.15) is 0 Å². The smallest absolute Gasteiger partial charge is 0.192 e. The molecule has 0 spiro atoms. The normalized spacial score (nSPS) is 12.2. The molecule has 9 heteroatoms. The van der Waals surface area contributed by atoms with Crippen molar-refractivity contribution in [3.8, 4) is 5.75 Å². The molecule has 30 heavy (non-hydrogen) atoms. The van der Waals surface area contributed by atoms with Crippen molar-refractivity contribution >= 4 is 17.4 Å². The molecule has 4 aromatic rings. The van der Waals surface area contributed by atoms with E-state index in [1.54, 1.807) is 13.0 Å². The van der Waals surface area contributed by atoms with Gasteiger partial charge in [0.25, 0.3) is 0 Å². The first-order valence-electron chi connectivity index (χ1n) is 9.26. The Labute approximate surface area is 176 Å². The van der Waals surface area contributed by atoms with Crippen molar-refractivity contribution in [1.29, 1.82) is 0 Å². The molecule has 1 atom stereocenters. The molecule has 3 heterocycles. The van der Waals surface area contributed by atoms with E-state index in [1.807, 2.05) is 39.6 Å². The second kappa shape index (κ2) is 8.66. The molecule has 6 nitrogen and oxygen atoms in total. The lowest BCUT2D eigenvalue weighted by Crippen LogP contribution is -2.13. The quantitative estimate of drug-likeness (QED) is 0.298. The number of allylic oxidation sites excluding steroid dienone is 1. The van der Waals surface area contributed by atoms with Gasteiger partial charge in [-0.1, -0.05) is 23.9 Å². The van der Waals surface area contributed by atoms with E-state index in [1.165, 1.54) is 17.8 Å². The van der Waals surface area contributed by atoms with Crippen molar-refractivity contribution in [3.63, 3.8) is 0 Å². The summed E-state index contributed by atoms with van der Waals surface area (Å²) in [6.07, 6.45) is 5.05. The topological polar surface area (TPSA) is 57.2 Å². The highest BCUT2D eigenvalue weighted by Crippen LogP contribution is 2.28. The molecule has 0 aliphatic heterocycles. The van der Waals surface area contributed by atoms with Crippen molar-refractivity contribution in [3.05, 3.63) is 84.6 Å². The van der Waals surface area contributed by atoms with Crippen LogP contribution in [0.25, 0.3) is 5.65 Å². The summed E-state index contributed by atoms with van der Waals surface area (Å²) >= 11 is 1.49. The minimum Gasteiger partial charge on any atom is -0.480 e. The van der Waals surface area contributed by atoms with Crippen molar-refractivity contribution in [1.82, 2.24) is 24.1 Å². The van der Waals surface area contributed by atoms with Gasteiger partial charge >= 0.3 is 0 Å². The Morgan fingerprint density at radius 1 is 1.23 bits per heavy atom. The number of fused-ring (bicyclic) bond motifs is 1. The lowest BCUT2D eigenvalue weighted by Gasteiger charge is -2.16. The molecule has 0 saturated heterocycles. The molecule has 1 aromatic carbocycles. The van der Waals surface area contributed by atoms with Gasteiger partial charge in [0.1, 0.15) is 11.5 Å². The van der Waals surface area contributed by atoms with Gasteiger partial charge < -0.3 is 9.14 Å². The molecule has 154 valence electrons. The molecule has 4 rings (SSSR count). The highest BCUT2D eigenvalue weighted by atomic mass is 32.2. The fourth-order valence-corrected chi connectivity index (χ4v) is 3.86. The highest BCUT2D eigenvalue weighted by molar-refractivity contribution is 7.98. The van der Waals surface area contributed by atoms with Crippen molar-refractivity contribution in [2.45, 2.75) is 30.5 Å². The summed E-state index contributed by atoms with van der Waals surface area (Å²) in [7, 11) is 0. The van der Waals surface area contributed by atoms with Gasteiger partial charge in [0.05, 0.1) is 5.69 Å². The fraction of sp³-hybridized carbons (Fsp3) is 0.190. The second-order valence-corrected chi connectivity index (χ2v) is 7.50. The van der Waals surface area contributed by atoms with E-state index in [9.17, 15) is 8.78 Å². The molecule has 0 aliphatic rings. The van der Waals surface area contributed by atoms with Crippen LogP contribution < -0.4 is 4.74 Å². The molecule has 1 unspecified atom stereocenters. The highest BCUT2D eigenvalue weighted by Gasteiger charge is 2.20. The zero-order valence-corrected chi connectivity index (χ0v) is 17.0. The summed E-state index contributed by atoms with van der Waals surface area (Å²) in [4.78, 5) is 4.59. The maximum absolute atomic E-state index is 13.9. The van der Waals surface area contributed by atoms with Crippen LogP contribution in [0, 0.1) is 11.6 Å². The lowest BCUT2D eigenvalue weighted by atomic mass is 10.3. The van der Waals surface area contributed by atoms with Crippen LogP contribution in [0.3, 0.4) is 0 Å². The molecule has 0 fully saturated rings. The summed E-state index contributed by atoms with van der Waals surface area (Å²) in [6, 6.07) is 9.03. The Balaban J connectivity index is 1.52. The number of pyridine rings is 1. The van der Waals surface area contributed by atoms with Gasteiger partial charge in [0, 0.05) is 30.8 Å². The number of hydrogen-bond acceptors (Lipinski definition) is 5.